The van der Waals surface area contributed by atoms with Crippen molar-refractivity contribution in [1.29, 1.82) is 0 Å². The minimum atomic E-state index is -0.935. The van der Waals surface area contributed by atoms with E-state index < -0.39 is 11.9 Å². The molecule has 0 radical (unpaired) electrons. The third kappa shape index (κ3) is 1.70. The highest BCUT2D eigenvalue weighted by molar-refractivity contribution is 7.07. The van der Waals surface area contributed by atoms with Gasteiger partial charge in [-0.1, -0.05) is 0 Å². The van der Waals surface area contributed by atoms with Crippen molar-refractivity contribution in [1.82, 2.24) is 9.36 Å². The van der Waals surface area contributed by atoms with Crippen molar-refractivity contribution < 1.29 is 14.6 Å². The average molecular weight is 188 g/mol. The number of carboxylic acids is 1. The Morgan fingerprint density at radius 1 is 1.75 bits per heavy atom. The standard InChI is InChI=1S/C6H8N2O3S/c1-3(5(9)10)4-7-6(11-2)12-8-4/h3H,1-2H3,(H,9,10). The van der Waals surface area contributed by atoms with E-state index in [2.05, 4.69) is 9.36 Å². The first kappa shape index (κ1) is 8.92. The molecule has 0 saturated carbocycles. The number of hydrogen-bond acceptors (Lipinski definition) is 5. The van der Waals surface area contributed by atoms with E-state index >= 15 is 0 Å². The maximum atomic E-state index is 10.5. The molecule has 1 aromatic heterocycles. The SMILES string of the molecule is COc1nc(C(C)C(=O)O)ns1. The predicted molar refractivity (Wildman–Crippen MR) is 42.5 cm³/mol. The zero-order chi connectivity index (χ0) is 9.14. The summed E-state index contributed by atoms with van der Waals surface area (Å²) in [5, 5.41) is 8.99. The maximum absolute atomic E-state index is 10.5. The first-order chi connectivity index (χ1) is 5.65. The van der Waals surface area contributed by atoms with Crippen molar-refractivity contribution in [3.05, 3.63) is 5.82 Å². The first-order valence-corrected chi connectivity index (χ1v) is 4.03. The van der Waals surface area contributed by atoms with E-state index in [1.807, 2.05) is 0 Å². The van der Waals surface area contributed by atoms with Crippen LogP contribution in [0.1, 0.15) is 18.7 Å². The van der Waals surface area contributed by atoms with Gasteiger partial charge in [-0.3, -0.25) is 4.79 Å². The van der Waals surface area contributed by atoms with E-state index in [1.165, 1.54) is 14.0 Å². The summed E-state index contributed by atoms with van der Waals surface area (Å²) >= 11 is 1.05. The highest BCUT2D eigenvalue weighted by atomic mass is 32.1. The van der Waals surface area contributed by atoms with E-state index in [1.54, 1.807) is 0 Å². The summed E-state index contributed by atoms with van der Waals surface area (Å²) in [6, 6.07) is 0. The van der Waals surface area contributed by atoms with Crippen LogP contribution in [0.5, 0.6) is 5.19 Å². The van der Waals surface area contributed by atoms with Crippen LogP contribution >= 0.6 is 11.5 Å². The zero-order valence-electron chi connectivity index (χ0n) is 6.64. The normalized spacial score (nSPS) is 12.5. The van der Waals surface area contributed by atoms with Crippen LogP contribution in [-0.4, -0.2) is 27.5 Å². The van der Waals surface area contributed by atoms with E-state index in [-0.39, 0.29) is 0 Å². The molecule has 0 aliphatic heterocycles. The van der Waals surface area contributed by atoms with Crippen LogP contribution in [0.3, 0.4) is 0 Å². The fourth-order valence-corrected chi connectivity index (χ4v) is 1.17. The number of ether oxygens (including phenoxy) is 1. The quantitative estimate of drug-likeness (QED) is 0.757. The van der Waals surface area contributed by atoms with Crippen LogP contribution in [0.25, 0.3) is 0 Å². The topological polar surface area (TPSA) is 72.3 Å². The minimum Gasteiger partial charge on any atom is -0.481 e. The van der Waals surface area contributed by atoms with Gasteiger partial charge in [0.1, 0.15) is 5.92 Å². The molecule has 1 rings (SSSR count). The lowest BCUT2D eigenvalue weighted by molar-refractivity contribution is -0.138. The van der Waals surface area contributed by atoms with Gasteiger partial charge in [-0.15, -0.1) is 0 Å². The second-order valence-corrected chi connectivity index (χ2v) is 2.90. The van der Waals surface area contributed by atoms with E-state index in [4.69, 9.17) is 9.84 Å². The van der Waals surface area contributed by atoms with Gasteiger partial charge in [-0.25, -0.2) is 0 Å². The number of hydrogen-bond donors (Lipinski definition) is 1. The van der Waals surface area contributed by atoms with Gasteiger partial charge < -0.3 is 9.84 Å². The lowest BCUT2D eigenvalue weighted by atomic mass is 10.2. The lowest BCUT2D eigenvalue weighted by Gasteiger charge is -1.97. The van der Waals surface area contributed by atoms with Crippen LogP contribution in [0.15, 0.2) is 0 Å². The summed E-state index contributed by atoms with van der Waals surface area (Å²) in [6.45, 7) is 1.53. The number of carbonyl (C=O) groups is 1. The van der Waals surface area contributed by atoms with E-state index in [9.17, 15) is 4.79 Å². The monoisotopic (exact) mass is 188 g/mol. The fourth-order valence-electron chi connectivity index (χ4n) is 0.589. The molecule has 0 aliphatic carbocycles. The molecule has 1 atom stereocenters. The highest BCUT2D eigenvalue weighted by Gasteiger charge is 2.18. The van der Waals surface area contributed by atoms with Crippen molar-refractivity contribution in [3.63, 3.8) is 0 Å². The average Bonchev–Trinajstić information content (AvgIpc) is 2.50. The second kappa shape index (κ2) is 3.48. The molecule has 0 bridgehead atoms. The molecule has 1 N–H and O–H groups in total. The third-order valence-corrected chi connectivity index (χ3v) is 2.05. The second-order valence-electron chi connectivity index (χ2n) is 2.18. The van der Waals surface area contributed by atoms with Gasteiger partial charge in [0.2, 0.25) is 0 Å². The summed E-state index contributed by atoms with van der Waals surface area (Å²) in [5.74, 6) is -1.31. The van der Waals surface area contributed by atoms with E-state index in [0.29, 0.717) is 11.0 Å². The molecule has 6 heteroatoms. The van der Waals surface area contributed by atoms with Crippen LogP contribution in [0.4, 0.5) is 0 Å². The molecule has 0 aliphatic rings. The number of aliphatic carboxylic acids is 1. The molecule has 0 saturated heterocycles. The van der Waals surface area contributed by atoms with Gasteiger partial charge in [0.15, 0.2) is 5.82 Å². The summed E-state index contributed by atoms with van der Waals surface area (Å²) in [5.41, 5.74) is 0. The van der Waals surface area contributed by atoms with Crippen LogP contribution < -0.4 is 4.74 Å². The molecule has 0 amide bonds. The predicted octanol–water partition coefficient (Wildman–Crippen LogP) is 0.735. The molecule has 12 heavy (non-hydrogen) atoms. The highest BCUT2D eigenvalue weighted by Crippen LogP contribution is 2.19. The van der Waals surface area contributed by atoms with Crippen LogP contribution in [0, 0.1) is 0 Å². The molecule has 1 aromatic rings. The smallest absolute Gasteiger partial charge is 0.314 e. The van der Waals surface area contributed by atoms with Crippen LogP contribution in [-0.2, 0) is 4.79 Å². The fraction of sp³-hybridized carbons (Fsp3) is 0.500. The third-order valence-electron chi connectivity index (χ3n) is 1.36. The van der Waals surface area contributed by atoms with Crippen molar-refractivity contribution in [2.24, 2.45) is 0 Å². The van der Waals surface area contributed by atoms with Gasteiger partial charge in [-0.05, 0) is 6.92 Å². The van der Waals surface area contributed by atoms with Gasteiger partial charge in [-0.2, -0.15) is 9.36 Å². The Kier molecular flexibility index (Phi) is 2.59. The number of rotatable bonds is 3. The molecular weight excluding hydrogens is 180 g/mol. The molecule has 1 heterocycles. The Morgan fingerprint density at radius 2 is 2.42 bits per heavy atom. The summed E-state index contributed by atoms with van der Waals surface area (Å²) in [7, 11) is 1.47. The van der Waals surface area contributed by atoms with Crippen molar-refractivity contribution >= 4 is 17.5 Å². The molecule has 0 fully saturated rings. The summed E-state index contributed by atoms with van der Waals surface area (Å²) in [4.78, 5) is 14.3. The summed E-state index contributed by atoms with van der Waals surface area (Å²) in [6.07, 6.45) is 0. The van der Waals surface area contributed by atoms with Crippen molar-refractivity contribution in [2.75, 3.05) is 7.11 Å². The largest absolute Gasteiger partial charge is 0.481 e. The Labute approximate surface area is 73.2 Å². The number of aromatic nitrogens is 2. The Balaban J connectivity index is 2.81. The van der Waals surface area contributed by atoms with Gasteiger partial charge in [0.05, 0.1) is 7.11 Å². The molecule has 5 nitrogen and oxygen atoms in total. The zero-order valence-corrected chi connectivity index (χ0v) is 7.46. The number of nitrogens with zero attached hydrogens (tertiary/aromatic N) is 2. The van der Waals surface area contributed by atoms with Crippen molar-refractivity contribution in [2.45, 2.75) is 12.8 Å². The summed E-state index contributed by atoms with van der Waals surface area (Å²) < 4.78 is 8.61. The molecule has 0 aromatic carbocycles. The first-order valence-electron chi connectivity index (χ1n) is 3.25. The molecule has 1 unspecified atom stereocenters. The Hall–Kier alpha value is -1.17. The van der Waals surface area contributed by atoms with E-state index in [0.717, 1.165) is 11.5 Å². The number of methoxy groups -OCH3 is 1. The molecular formula is C6H8N2O3S. The minimum absolute atomic E-state index is 0.296. The molecule has 0 spiro atoms. The van der Waals surface area contributed by atoms with Gasteiger partial charge in [0.25, 0.3) is 5.19 Å². The van der Waals surface area contributed by atoms with Gasteiger partial charge in [0, 0.05) is 11.5 Å². The Morgan fingerprint density at radius 3 is 2.83 bits per heavy atom. The Bertz CT molecular complexity index is 286. The van der Waals surface area contributed by atoms with Crippen molar-refractivity contribution in [3.8, 4) is 5.19 Å². The molecule has 66 valence electrons. The lowest BCUT2D eigenvalue weighted by Crippen LogP contribution is -2.08. The number of carboxylic acid groups (broad SMARTS) is 1. The van der Waals surface area contributed by atoms with Crippen LogP contribution in [0.2, 0.25) is 0 Å². The maximum Gasteiger partial charge on any atom is 0.314 e. The van der Waals surface area contributed by atoms with Gasteiger partial charge >= 0.3 is 5.97 Å².